The van der Waals surface area contributed by atoms with Crippen LogP contribution in [0.3, 0.4) is 0 Å². The van der Waals surface area contributed by atoms with Crippen molar-refractivity contribution < 1.29 is 9.59 Å². The van der Waals surface area contributed by atoms with Crippen molar-refractivity contribution in [3.63, 3.8) is 0 Å². The van der Waals surface area contributed by atoms with Gasteiger partial charge in [0.05, 0.1) is 11.6 Å². The summed E-state index contributed by atoms with van der Waals surface area (Å²) in [7, 11) is 1.88. The standard InChI is InChI=1S/C21H24N4O2/c1-4-15-9-11-16(12-10-15)14(2)22-21(27)24-23-20(26)18-13-25(3)19-8-6-5-7-17(18)19/h5-14H,4H2,1-3H3,(H,23,26)(H2,22,24,27). The van der Waals surface area contributed by atoms with E-state index in [2.05, 4.69) is 23.1 Å². The summed E-state index contributed by atoms with van der Waals surface area (Å²) in [6.07, 6.45) is 2.72. The molecule has 1 unspecified atom stereocenters. The van der Waals surface area contributed by atoms with Gasteiger partial charge >= 0.3 is 6.03 Å². The van der Waals surface area contributed by atoms with Gasteiger partial charge in [0.15, 0.2) is 0 Å². The molecule has 0 spiro atoms. The number of urea groups is 1. The Balaban J connectivity index is 1.58. The molecular weight excluding hydrogens is 340 g/mol. The summed E-state index contributed by atoms with van der Waals surface area (Å²) >= 11 is 0. The van der Waals surface area contributed by atoms with Crippen LogP contribution in [-0.4, -0.2) is 16.5 Å². The summed E-state index contributed by atoms with van der Waals surface area (Å²) in [5.41, 5.74) is 8.60. The van der Waals surface area contributed by atoms with Crippen molar-refractivity contribution >= 4 is 22.8 Å². The van der Waals surface area contributed by atoms with E-state index >= 15 is 0 Å². The summed E-state index contributed by atoms with van der Waals surface area (Å²) in [5, 5.41) is 3.65. The molecule has 1 heterocycles. The molecule has 27 heavy (non-hydrogen) atoms. The lowest BCUT2D eigenvalue weighted by Gasteiger charge is -2.15. The Morgan fingerprint density at radius 1 is 1.04 bits per heavy atom. The molecule has 0 radical (unpaired) electrons. The van der Waals surface area contributed by atoms with Gasteiger partial charge in [-0.15, -0.1) is 0 Å². The molecule has 1 atom stereocenters. The Morgan fingerprint density at radius 3 is 2.44 bits per heavy atom. The van der Waals surface area contributed by atoms with E-state index in [0.717, 1.165) is 22.9 Å². The number of fused-ring (bicyclic) bond motifs is 1. The third kappa shape index (κ3) is 4.11. The van der Waals surface area contributed by atoms with Crippen LogP contribution in [0.4, 0.5) is 4.79 Å². The van der Waals surface area contributed by atoms with Gasteiger partial charge in [0, 0.05) is 24.1 Å². The monoisotopic (exact) mass is 364 g/mol. The zero-order chi connectivity index (χ0) is 19.4. The van der Waals surface area contributed by atoms with Gasteiger partial charge in [-0.1, -0.05) is 49.4 Å². The molecule has 3 N–H and O–H groups in total. The van der Waals surface area contributed by atoms with Crippen LogP contribution in [0.25, 0.3) is 10.9 Å². The summed E-state index contributed by atoms with van der Waals surface area (Å²) in [5.74, 6) is -0.359. The molecule has 3 amide bonds. The Morgan fingerprint density at radius 2 is 1.74 bits per heavy atom. The second-order valence-electron chi connectivity index (χ2n) is 6.54. The van der Waals surface area contributed by atoms with Crippen LogP contribution >= 0.6 is 0 Å². The second-order valence-corrected chi connectivity index (χ2v) is 6.54. The molecule has 140 valence electrons. The first-order chi connectivity index (χ1) is 13.0. The number of hydrazine groups is 1. The van der Waals surface area contributed by atoms with E-state index in [1.165, 1.54) is 5.56 Å². The van der Waals surface area contributed by atoms with Gasteiger partial charge in [0.25, 0.3) is 5.91 Å². The van der Waals surface area contributed by atoms with E-state index in [1.54, 1.807) is 6.20 Å². The number of para-hydroxylation sites is 1. The topological polar surface area (TPSA) is 75.2 Å². The number of hydrogen-bond acceptors (Lipinski definition) is 2. The summed E-state index contributed by atoms with van der Waals surface area (Å²) in [4.78, 5) is 24.5. The number of aromatic nitrogens is 1. The molecule has 0 aliphatic rings. The van der Waals surface area contributed by atoms with Gasteiger partial charge in [-0.25, -0.2) is 10.2 Å². The highest BCUT2D eigenvalue weighted by Crippen LogP contribution is 2.20. The smallest absolute Gasteiger partial charge is 0.333 e. The number of nitrogens with zero attached hydrogens (tertiary/aromatic N) is 1. The van der Waals surface area contributed by atoms with Gasteiger partial charge in [0.2, 0.25) is 0 Å². The lowest BCUT2D eigenvalue weighted by Crippen LogP contribution is -2.47. The fourth-order valence-corrected chi connectivity index (χ4v) is 3.06. The van der Waals surface area contributed by atoms with E-state index in [9.17, 15) is 9.59 Å². The van der Waals surface area contributed by atoms with Crippen LogP contribution in [0.1, 0.15) is 41.4 Å². The van der Waals surface area contributed by atoms with Crippen LogP contribution in [0, 0.1) is 0 Å². The zero-order valence-corrected chi connectivity index (χ0v) is 15.7. The first-order valence-electron chi connectivity index (χ1n) is 8.99. The van der Waals surface area contributed by atoms with E-state index < -0.39 is 6.03 Å². The number of benzene rings is 2. The third-order valence-electron chi connectivity index (χ3n) is 4.67. The fraction of sp³-hybridized carbons (Fsp3) is 0.238. The average molecular weight is 364 g/mol. The summed E-state index contributed by atoms with van der Waals surface area (Å²) < 4.78 is 1.88. The average Bonchev–Trinajstić information content (AvgIpc) is 3.03. The quantitative estimate of drug-likeness (QED) is 0.620. The van der Waals surface area contributed by atoms with E-state index in [-0.39, 0.29) is 11.9 Å². The molecule has 0 aliphatic heterocycles. The Labute approximate surface area is 158 Å². The molecule has 0 bridgehead atoms. The largest absolute Gasteiger partial charge is 0.350 e. The minimum Gasteiger partial charge on any atom is -0.350 e. The number of nitrogens with one attached hydrogen (secondary N) is 3. The molecule has 0 fully saturated rings. The normalized spacial score (nSPS) is 11.8. The maximum Gasteiger partial charge on any atom is 0.333 e. The molecule has 6 nitrogen and oxygen atoms in total. The van der Waals surface area contributed by atoms with Crippen LogP contribution < -0.4 is 16.2 Å². The number of carbonyl (C=O) groups excluding carboxylic acids is 2. The van der Waals surface area contributed by atoms with E-state index in [1.807, 2.05) is 67.1 Å². The minimum absolute atomic E-state index is 0.176. The molecular formula is C21H24N4O2. The van der Waals surface area contributed by atoms with Gasteiger partial charge in [-0.2, -0.15) is 0 Å². The first-order valence-corrected chi connectivity index (χ1v) is 8.99. The molecule has 0 saturated carbocycles. The highest BCUT2D eigenvalue weighted by molar-refractivity contribution is 6.07. The van der Waals surface area contributed by atoms with Crippen molar-refractivity contribution in [3.05, 3.63) is 71.4 Å². The van der Waals surface area contributed by atoms with Gasteiger partial charge in [-0.3, -0.25) is 10.2 Å². The van der Waals surface area contributed by atoms with Crippen LogP contribution in [0.2, 0.25) is 0 Å². The highest BCUT2D eigenvalue weighted by Gasteiger charge is 2.15. The number of rotatable bonds is 4. The predicted octanol–water partition coefficient (Wildman–Crippen LogP) is 3.45. The number of hydrogen-bond donors (Lipinski definition) is 3. The fourth-order valence-electron chi connectivity index (χ4n) is 3.06. The van der Waals surface area contributed by atoms with Gasteiger partial charge < -0.3 is 9.88 Å². The van der Waals surface area contributed by atoms with Crippen molar-refractivity contribution in [1.29, 1.82) is 0 Å². The minimum atomic E-state index is -0.462. The Bertz CT molecular complexity index is 960. The number of aryl methyl sites for hydroxylation is 2. The lowest BCUT2D eigenvalue weighted by molar-refractivity contribution is 0.0937. The zero-order valence-electron chi connectivity index (χ0n) is 15.7. The number of amides is 3. The molecule has 3 rings (SSSR count). The Hall–Kier alpha value is -3.28. The molecule has 3 aromatic rings. The lowest BCUT2D eigenvalue weighted by atomic mass is 10.1. The molecule has 2 aromatic carbocycles. The SMILES string of the molecule is CCc1ccc(C(C)NC(=O)NNC(=O)c2cn(C)c3ccccc23)cc1. The maximum absolute atomic E-state index is 12.4. The van der Waals surface area contributed by atoms with Crippen LogP contribution in [0.5, 0.6) is 0 Å². The second kappa shape index (κ2) is 7.95. The first kappa shape index (κ1) is 18.5. The summed E-state index contributed by atoms with van der Waals surface area (Å²) in [6.45, 7) is 4.00. The van der Waals surface area contributed by atoms with Gasteiger partial charge in [0.1, 0.15) is 0 Å². The maximum atomic E-state index is 12.4. The van der Waals surface area contributed by atoms with Gasteiger partial charge in [-0.05, 0) is 30.5 Å². The third-order valence-corrected chi connectivity index (χ3v) is 4.67. The Kier molecular flexibility index (Phi) is 5.45. The molecule has 1 aromatic heterocycles. The highest BCUT2D eigenvalue weighted by atomic mass is 16.2. The molecule has 6 heteroatoms. The van der Waals surface area contributed by atoms with Crippen molar-refractivity contribution in [1.82, 2.24) is 20.7 Å². The van der Waals surface area contributed by atoms with Crippen LogP contribution in [-0.2, 0) is 13.5 Å². The van der Waals surface area contributed by atoms with Crippen molar-refractivity contribution in [2.75, 3.05) is 0 Å². The van der Waals surface area contributed by atoms with E-state index in [0.29, 0.717) is 5.56 Å². The summed E-state index contributed by atoms with van der Waals surface area (Å²) in [6, 6.07) is 15.1. The van der Waals surface area contributed by atoms with E-state index in [4.69, 9.17) is 0 Å². The van der Waals surface area contributed by atoms with Crippen molar-refractivity contribution in [2.45, 2.75) is 26.3 Å². The van der Waals surface area contributed by atoms with Crippen molar-refractivity contribution in [3.8, 4) is 0 Å². The number of carbonyl (C=O) groups is 2. The predicted molar refractivity (Wildman–Crippen MR) is 106 cm³/mol. The molecule has 0 aliphatic carbocycles. The molecule has 0 saturated heterocycles. The van der Waals surface area contributed by atoms with Crippen LogP contribution in [0.15, 0.2) is 54.7 Å². The van der Waals surface area contributed by atoms with Crippen molar-refractivity contribution in [2.24, 2.45) is 7.05 Å².